The van der Waals surface area contributed by atoms with E-state index >= 15 is 0 Å². The molecule has 1 amide bonds. The highest BCUT2D eigenvalue weighted by Gasteiger charge is 2.22. The zero-order chi connectivity index (χ0) is 15.6. The number of aromatic nitrogens is 1. The lowest BCUT2D eigenvalue weighted by Crippen LogP contribution is -2.26. The maximum Gasteiger partial charge on any atom is 0.267 e. The minimum absolute atomic E-state index is 0.110. The average molecular weight is 329 g/mol. The van der Waals surface area contributed by atoms with Gasteiger partial charge in [-0.05, 0) is 13.0 Å². The Morgan fingerprint density at radius 2 is 2.19 bits per heavy atom. The van der Waals surface area contributed by atoms with Gasteiger partial charge >= 0.3 is 0 Å². The van der Waals surface area contributed by atoms with E-state index in [9.17, 15) is 13.2 Å². The minimum Gasteiger partial charge on any atom is -0.360 e. The highest BCUT2D eigenvalue weighted by molar-refractivity contribution is 7.89. The van der Waals surface area contributed by atoms with Gasteiger partial charge in [0.1, 0.15) is 5.76 Å². The number of hydrogen-bond donors (Lipinski definition) is 1. The van der Waals surface area contributed by atoms with Crippen molar-refractivity contribution >= 4 is 33.1 Å². The number of sulfonamides is 1. The van der Waals surface area contributed by atoms with Gasteiger partial charge < -0.3 is 9.84 Å². The van der Waals surface area contributed by atoms with Crippen LogP contribution in [0.15, 0.2) is 26.9 Å². The molecule has 2 aromatic rings. The van der Waals surface area contributed by atoms with Crippen molar-refractivity contribution in [1.29, 1.82) is 0 Å². The molecular formula is C12H15N3O4S2. The molecule has 0 bridgehead atoms. The van der Waals surface area contributed by atoms with Gasteiger partial charge in [0.25, 0.3) is 5.91 Å². The van der Waals surface area contributed by atoms with Crippen molar-refractivity contribution in [2.75, 3.05) is 18.9 Å². The lowest BCUT2D eigenvalue weighted by molar-refractivity contribution is 0.102. The largest absolute Gasteiger partial charge is 0.360 e. The summed E-state index contributed by atoms with van der Waals surface area (Å²) in [5, 5.41) is 7.64. The maximum atomic E-state index is 12.1. The molecule has 2 heterocycles. The van der Waals surface area contributed by atoms with Gasteiger partial charge in [-0.1, -0.05) is 12.1 Å². The van der Waals surface area contributed by atoms with Gasteiger partial charge in [0, 0.05) is 25.0 Å². The predicted octanol–water partition coefficient (Wildman–Crippen LogP) is 1.94. The van der Waals surface area contributed by atoms with Crippen LogP contribution in [0.5, 0.6) is 0 Å². The van der Waals surface area contributed by atoms with Crippen LogP contribution in [0, 0.1) is 6.92 Å². The van der Waals surface area contributed by atoms with Gasteiger partial charge in [0.2, 0.25) is 10.0 Å². The van der Waals surface area contributed by atoms with Crippen molar-refractivity contribution in [3.05, 3.63) is 28.2 Å². The fourth-order valence-electron chi connectivity index (χ4n) is 1.53. The van der Waals surface area contributed by atoms with Gasteiger partial charge in [-0.15, -0.1) is 11.3 Å². The van der Waals surface area contributed by atoms with Crippen LogP contribution in [-0.2, 0) is 10.0 Å². The van der Waals surface area contributed by atoms with Crippen LogP contribution >= 0.6 is 11.3 Å². The Labute approximate surface area is 126 Å². The van der Waals surface area contributed by atoms with E-state index in [0.717, 1.165) is 11.3 Å². The van der Waals surface area contributed by atoms with Crippen LogP contribution in [-0.4, -0.2) is 37.4 Å². The van der Waals surface area contributed by atoms with Crippen molar-refractivity contribution < 1.29 is 17.7 Å². The van der Waals surface area contributed by atoms with E-state index in [1.807, 2.05) is 0 Å². The third kappa shape index (κ3) is 3.31. The van der Waals surface area contributed by atoms with Crippen molar-refractivity contribution in [2.24, 2.45) is 0 Å². The van der Waals surface area contributed by atoms with Crippen LogP contribution < -0.4 is 5.32 Å². The van der Waals surface area contributed by atoms with Gasteiger partial charge in [0.05, 0.1) is 9.77 Å². The van der Waals surface area contributed by atoms with E-state index in [0.29, 0.717) is 23.0 Å². The Balaban J connectivity index is 2.18. The summed E-state index contributed by atoms with van der Waals surface area (Å²) in [7, 11) is -2.05. The number of hydrogen-bond acceptors (Lipinski definition) is 6. The van der Waals surface area contributed by atoms with E-state index in [1.165, 1.54) is 22.8 Å². The summed E-state index contributed by atoms with van der Waals surface area (Å²) in [6.07, 6.45) is 0. The first-order valence-corrected chi connectivity index (χ1v) is 8.46. The van der Waals surface area contributed by atoms with Crippen LogP contribution in [0.2, 0.25) is 0 Å². The molecule has 0 aliphatic heterocycles. The van der Waals surface area contributed by atoms with Crippen LogP contribution in [0.1, 0.15) is 22.4 Å². The Bertz CT molecular complexity index is 748. The number of carbonyl (C=O) groups excluding carboxylic acids is 1. The van der Waals surface area contributed by atoms with E-state index < -0.39 is 15.9 Å². The maximum absolute atomic E-state index is 12.1. The fraction of sp³-hybridized carbons (Fsp3) is 0.333. The molecule has 0 radical (unpaired) electrons. The van der Waals surface area contributed by atoms with E-state index in [2.05, 4.69) is 10.5 Å². The summed E-state index contributed by atoms with van der Waals surface area (Å²) >= 11 is 1.06. The molecule has 21 heavy (non-hydrogen) atoms. The molecule has 1 N–H and O–H groups in total. The number of thiophene rings is 1. The molecule has 0 fully saturated rings. The van der Waals surface area contributed by atoms with Crippen molar-refractivity contribution in [1.82, 2.24) is 9.46 Å². The lowest BCUT2D eigenvalue weighted by Gasteiger charge is -2.12. The number of nitrogens with zero attached hydrogens (tertiary/aromatic N) is 2. The smallest absolute Gasteiger partial charge is 0.267 e. The van der Waals surface area contributed by atoms with Crippen LogP contribution in [0.4, 0.5) is 5.82 Å². The first-order chi connectivity index (χ1) is 9.84. The van der Waals surface area contributed by atoms with E-state index in [1.54, 1.807) is 19.9 Å². The second-order valence-electron chi connectivity index (χ2n) is 4.34. The molecule has 7 nitrogen and oxygen atoms in total. The summed E-state index contributed by atoms with van der Waals surface area (Å²) in [5.41, 5.74) is 0. The monoisotopic (exact) mass is 329 g/mol. The third-order valence-electron chi connectivity index (χ3n) is 2.82. The van der Waals surface area contributed by atoms with Gasteiger partial charge in [0.15, 0.2) is 5.82 Å². The van der Waals surface area contributed by atoms with Crippen molar-refractivity contribution in [2.45, 2.75) is 18.7 Å². The SMILES string of the molecule is CCN(C)S(=O)(=O)c1csc(C(=O)Nc2cc(C)on2)c1. The number of nitrogens with one attached hydrogen (secondary N) is 1. The molecule has 0 atom stereocenters. The molecule has 0 aliphatic rings. The zero-order valence-electron chi connectivity index (χ0n) is 11.8. The predicted molar refractivity (Wildman–Crippen MR) is 79.0 cm³/mol. The molecule has 9 heteroatoms. The fourth-order valence-corrected chi connectivity index (χ4v) is 3.86. The Hall–Kier alpha value is -1.71. The molecule has 0 aliphatic carbocycles. The van der Waals surface area contributed by atoms with E-state index in [4.69, 9.17) is 4.52 Å². The Morgan fingerprint density at radius 1 is 1.48 bits per heavy atom. The zero-order valence-corrected chi connectivity index (χ0v) is 13.4. The van der Waals surface area contributed by atoms with E-state index in [-0.39, 0.29) is 4.90 Å². The molecule has 0 spiro atoms. The Morgan fingerprint density at radius 3 is 2.76 bits per heavy atom. The molecule has 2 rings (SSSR count). The number of anilines is 1. The highest BCUT2D eigenvalue weighted by Crippen LogP contribution is 2.23. The second kappa shape index (κ2) is 5.96. The summed E-state index contributed by atoms with van der Waals surface area (Å²) < 4.78 is 30.3. The quantitative estimate of drug-likeness (QED) is 0.905. The van der Waals surface area contributed by atoms with Crippen molar-refractivity contribution in [3.63, 3.8) is 0 Å². The second-order valence-corrected chi connectivity index (χ2v) is 7.30. The van der Waals surface area contributed by atoms with Crippen LogP contribution in [0.25, 0.3) is 0 Å². The molecule has 0 saturated heterocycles. The Kier molecular flexibility index (Phi) is 4.45. The number of amides is 1. The first-order valence-electron chi connectivity index (χ1n) is 6.14. The van der Waals surface area contributed by atoms with Gasteiger partial charge in [-0.3, -0.25) is 4.79 Å². The lowest BCUT2D eigenvalue weighted by atomic mass is 10.4. The molecule has 0 unspecified atom stereocenters. The first kappa shape index (κ1) is 15.7. The standard InChI is InChI=1S/C12H15N3O4S2/c1-4-15(3)21(17,18)9-6-10(20-7-9)12(16)13-11-5-8(2)19-14-11/h5-7H,4H2,1-3H3,(H,13,14,16). The van der Waals surface area contributed by atoms with Crippen molar-refractivity contribution in [3.8, 4) is 0 Å². The summed E-state index contributed by atoms with van der Waals surface area (Å²) in [4.78, 5) is 12.4. The third-order valence-corrected chi connectivity index (χ3v) is 5.81. The summed E-state index contributed by atoms with van der Waals surface area (Å²) in [6.45, 7) is 3.81. The molecule has 0 aromatic carbocycles. The van der Waals surface area contributed by atoms with Crippen LogP contribution in [0.3, 0.4) is 0 Å². The van der Waals surface area contributed by atoms with Gasteiger partial charge in [-0.25, -0.2) is 12.7 Å². The number of rotatable bonds is 5. The summed E-state index contributed by atoms with van der Waals surface area (Å²) in [5.74, 6) is 0.444. The molecule has 114 valence electrons. The molecular weight excluding hydrogens is 314 g/mol. The normalized spacial score (nSPS) is 11.8. The summed E-state index contributed by atoms with van der Waals surface area (Å²) in [6, 6.07) is 2.93. The number of aryl methyl sites for hydroxylation is 1. The number of carbonyl (C=O) groups is 1. The molecule has 0 saturated carbocycles. The molecule has 2 aromatic heterocycles. The van der Waals surface area contributed by atoms with Gasteiger partial charge in [-0.2, -0.15) is 0 Å². The topological polar surface area (TPSA) is 92.5 Å². The minimum atomic E-state index is -3.54. The highest BCUT2D eigenvalue weighted by atomic mass is 32.2. The average Bonchev–Trinajstić information content (AvgIpc) is 3.07.